The third kappa shape index (κ3) is 3.18. The summed E-state index contributed by atoms with van der Waals surface area (Å²) in [6, 6.07) is 14.3. The molecule has 27 heavy (non-hydrogen) atoms. The Morgan fingerprint density at radius 2 is 1.96 bits per heavy atom. The molecule has 0 saturated heterocycles. The van der Waals surface area contributed by atoms with Gasteiger partial charge in [0.15, 0.2) is 0 Å². The van der Waals surface area contributed by atoms with Crippen LogP contribution in [0.15, 0.2) is 54.9 Å². The average molecular weight is 357 g/mol. The van der Waals surface area contributed by atoms with Gasteiger partial charge in [-0.2, -0.15) is 0 Å². The Morgan fingerprint density at radius 1 is 1.19 bits per heavy atom. The predicted molar refractivity (Wildman–Crippen MR) is 109 cm³/mol. The number of aryl methyl sites for hydroxylation is 3. The Labute approximate surface area is 161 Å². The number of imidazole rings is 1. The van der Waals surface area contributed by atoms with Crippen LogP contribution in [-0.4, -0.2) is 17.8 Å². The van der Waals surface area contributed by atoms with E-state index in [0.717, 1.165) is 40.8 Å². The number of para-hydroxylation sites is 1. The molecule has 1 aromatic heterocycles. The molecule has 3 aromatic rings. The van der Waals surface area contributed by atoms with E-state index in [-0.39, 0.29) is 5.91 Å². The minimum absolute atomic E-state index is 0.0973. The van der Waals surface area contributed by atoms with Crippen molar-refractivity contribution in [2.24, 2.45) is 14.1 Å². The molecule has 0 fully saturated rings. The van der Waals surface area contributed by atoms with Crippen molar-refractivity contribution < 1.29 is 9.36 Å². The van der Waals surface area contributed by atoms with E-state index < -0.39 is 0 Å². The number of amides is 1. The van der Waals surface area contributed by atoms with E-state index in [4.69, 9.17) is 0 Å². The molecule has 2 radical (unpaired) electrons. The lowest BCUT2D eigenvalue weighted by Crippen LogP contribution is -2.53. The number of benzene rings is 2. The molecule has 0 unspecified atom stereocenters. The summed E-state index contributed by atoms with van der Waals surface area (Å²) < 4.78 is 4.20. The molecule has 2 heterocycles. The van der Waals surface area contributed by atoms with Gasteiger partial charge in [0.1, 0.15) is 12.4 Å². The zero-order chi connectivity index (χ0) is 19.0. The van der Waals surface area contributed by atoms with E-state index in [1.807, 2.05) is 61.7 Å². The maximum atomic E-state index is 13.1. The van der Waals surface area contributed by atoms with E-state index in [1.165, 1.54) is 5.56 Å². The summed E-state index contributed by atoms with van der Waals surface area (Å²) in [4.78, 5) is 15.0. The van der Waals surface area contributed by atoms with E-state index in [2.05, 4.69) is 35.5 Å². The van der Waals surface area contributed by atoms with Gasteiger partial charge in [0.2, 0.25) is 0 Å². The molecule has 0 saturated carbocycles. The first-order valence-electron chi connectivity index (χ1n) is 9.47. The van der Waals surface area contributed by atoms with Crippen molar-refractivity contribution >= 4 is 30.1 Å². The van der Waals surface area contributed by atoms with E-state index in [0.29, 0.717) is 6.54 Å². The van der Waals surface area contributed by atoms with Gasteiger partial charge < -0.3 is 4.90 Å². The Balaban J connectivity index is 1.78. The summed E-state index contributed by atoms with van der Waals surface area (Å²) in [6.07, 6.45) is 6.13. The van der Waals surface area contributed by atoms with Crippen molar-refractivity contribution in [3.05, 3.63) is 71.5 Å². The Kier molecular flexibility index (Phi) is 4.60. The minimum Gasteiger partial charge on any atom is -0.304 e. The number of carbonyl (C=O) groups is 1. The number of rotatable bonds is 5. The molecule has 5 heteroatoms. The molecule has 0 atom stereocenters. The molecular formula is C22H24BN3O. The van der Waals surface area contributed by atoms with Crippen LogP contribution >= 0.6 is 0 Å². The van der Waals surface area contributed by atoms with Crippen molar-refractivity contribution in [3.8, 4) is 0 Å². The third-order valence-electron chi connectivity index (χ3n) is 5.26. The summed E-state index contributed by atoms with van der Waals surface area (Å²) in [5, 5.41) is 0. The highest BCUT2D eigenvalue weighted by molar-refractivity contribution is 6.66. The van der Waals surface area contributed by atoms with Gasteiger partial charge in [0.25, 0.3) is 5.91 Å². The van der Waals surface area contributed by atoms with Crippen molar-refractivity contribution in [1.82, 2.24) is 4.57 Å². The first kappa shape index (κ1) is 17.6. The number of nitrogens with zero attached hydrogens (tertiary/aromatic N) is 3. The van der Waals surface area contributed by atoms with Gasteiger partial charge in [-0.3, -0.25) is 19.4 Å². The number of carbonyl (C=O) groups excluding carboxylic acids is 1. The SMILES string of the molecule is CCCc1cc([B-]c2n(C)cc[n+]2C)c2c(c1)C(=O)N(c1ccccc1)C2. The van der Waals surface area contributed by atoms with Crippen LogP contribution in [0.1, 0.15) is 34.8 Å². The summed E-state index contributed by atoms with van der Waals surface area (Å²) in [5.74, 6) is 0.0973. The van der Waals surface area contributed by atoms with Gasteiger partial charge >= 0.3 is 0 Å². The normalized spacial score (nSPS) is 13.3. The molecule has 4 rings (SSSR count). The first-order valence-corrected chi connectivity index (χ1v) is 9.47. The van der Waals surface area contributed by atoms with Crippen LogP contribution in [0.3, 0.4) is 0 Å². The van der Waals surface area contributed by atoms with Crippen molar-refractivity contribution in [2.45, 2.75) is 26.3 Å². The molecule has 1 aliphatic heterocycles. The van der Waals surface area contributed by atoms with Crippen LogP contribution in [0, 0.1) is 0 Å². The highest BCUT2D eigenvalue weighted by Crippen LogP contribution is 2.28. The zero-order valence-electron chi connectivity index (χ0n) is 16.1. The third-order valence-corrected chi connectivity index (χ3v) is 5.26. The fourth-order valence-electron chi connectivity index (χ4n) is 3.82. The molecule has 1 amide bonds. The second-order valence-electron chi connectivity index (χ2n) is 7.21. The van der Waals surface area contributed by atoms with Crippen LogP contribution in [0.2, 0.25) is 0 Å². The van der Waals surface area contributed by atoms with Crippen LogP contribution in [0.5, 0.6) is 0 Å². The van der Waals surface area contributed by atoms with E-state index in [9.17, 15) is 4.79 Å². The maximum absolute atomic E-state index is 13.1. The number of anilines is 1. The number of fused-ring (bicyclic) bond motifs is 1. The van der Waals surface area contributed by atoms with E-state index in [1.54, 1.807) is 0 Å². The monoisotopic (exact) mass is 357 g/mol. The van der Waals surface area contributed by atoms with Gasteiger partial charge in [-0.05, 0) is 24.6 Å². The van der Waals surface area contributed by atoms with Crippen LogP contribution in [0.4, 0.5) is 5.69 Å². The largest absolute Gasteiger partial charge is 0.304 e. The lowest BCUT2D eigenvalue weighted by atomic mass is 9.66. The lowest BCUT2D eigenvalue weighted by Gasteiger charge is -2.21. The standard InChI is InChI=1S/C22H24BN3O/c1-4-8-16-13-18-19(15-26(21(18)27)17-9-6-5-7-10-17)20(14-16)23-22-24(2)11-12-25(22)3/h5-7,9-14H,4,8,15H2,1-3H3. The highest BCUT2D eigenvalue weighted by Gasteiger charge is 2.29. The first-order chi connectivity index (χ1) is 13.1. The fourth-order valence-corrected chi connectivity index (χ4v) is 3.82. The lowest BCUT2D eigenvalue weighted by molar-refractivity contribution is -0.652. The summed E-state index contributed by atoms with van der Waals surface area (Å²) in [6.45, 7) is 2.79. The Bertz CT molecular complexity index is 975. The van der Waals surface area contributed by atoms with Gasteiger partial charge in [-0.15, -0.1) is 7.28 Å². The summed E-state index contributed by atoms with van der Waals surface area (Å²) in [5.41, 5.74) is 6.38. The molecule has 4 nitrogen and oxygen atoms in total. The molecule has 0 bridgehead atoms. The molecule has 0 N–H and O–H groups in total. The van der Waals surface area contributed by atoms with Gasteiger partial charge in [0.05, 0.1) is 14.1 Å². The number of hydrogen-bond acceptors (Lipinski definition) is 1. The Morgan fingerprint density at radius 3 is 2.63 bits per heavy atom. The van der Waals surface area contributed by atoms with Gasteiger partial charge in [-0.1, -0.05) is 48.7 Å². The average Bonchev–Trinajstić information content (AvgIpc) is 3.17. The second-order valence-corrected chi connectivity index (χ2v) is 7.21. The number of hydrogen-bond donors (Lipinski definition) is 0. The van der Waals surface area contributed by atoms with Crippen LogP contribution in [0.25, 0.3) is 0 Å². The molecule has 2 aromatic carbocycles. The smallest absolute Gasteiger partial charge is 0.258 e. The minimum atomic E-state index is 0.0973. The molecule has 0 spiro atoms. The summed E-state index contributed by atoms with van der Waals surface area (Å²) >= 11 is 0. The van der Waals surface area contributed by atoms with Crippen LogP contribution in [-0.2, 0) is 27.1 Å². The molecule has 0 aliphatic carbocycles. The Hall–Kier alpha value is -2.82. The highest BCUT2D eigenvalue weighted by atomic mass is 16.2. The van der Waals surface area contributed by atoms with Crippen molar-refractivity contribution in [1.29, 1.82) is 0 Å². The number of aromatic nitrogens is 2. The predicted octanol–water partition coefficient (Wildman–Crippen LogP) is 1.62. The molecule has 1 aliphatic rings. The molecule has 136 valence electrons. The quantitative estimate of drug-likeness (QED) is 0.504. The van der Waals surface area contributed by atoms with Crippen molar-refractivity contribution in [2.75, 3.05) is 4.90 Å². The van der Waals surface area contributed by atoms with Gasteiger partial charge in [0, 0.05) is 23.5 Å². The second kappa shape index (κ2) is 7.07. The van der Waals surface area contributed by atoms with Crippen LogP contribution < -0.4 is 20.7 Å². The topological polar surface area (TPSA) is 29.1 Å². The molecular weight excluding hydrogens is 333 g/mol. The van der Waals surface area contributed by atoms with E-state index >= 15 is 0 Å². The summed E-state index contributed by atoms with van der Waals surface area (Å²) in [7, 11) is 6.28. The fraction of sp³-hybridized carbons (Fsp3) is 0.273. The van der Waals surface area contributed by atoms with Gasteiger partial charge in [-0.25, -0.2) is 0 Å². The maximum Gasteiger partial charge on any atom is 0.258 e. The van der Waals surface area contributed by atoms with Crippen molar-refractivity contribution in [3.63, 3.8) is 0 Å². The zero-order valence-corrected chi connectivity index (χ0v) is 16.1.